The number of nitrogens with one attached hydrogen (secondary N) is 2. The molecule has 0 aliphatic rings. The second-order valence-electron chi connectivity index (χ2n) is 4.26. The smallest absolute Gasteiger partial charge is 0.187 e. The largest absolute Gasteiger partial charge is 0.399 e. The molecule has 0 spiro atoms. The Morgan fingerprint density at radius 2 is 2.05 bits per heavy atom. The number of thiocarbonyl (C=S) groups is 1. The molecule has 1 atom stereocenters. The van der Waals surface area contributed by atoms with E-state index in [4.69, 9.17) is 22.7 Å². The van der Waals surface area contributed by atoms with Gasteiger partial charge in [0, 0.05) is 18.8 Å². The Morgan fingerprint density at radius 1 is 1.42 bits per heavy atom. The normalized spacial score (nSPS) is 12.9. The Kier molecular flexibility index (Phi) is 6.24. The number of anilines is 1. The molecule has 0 aromatic heterocycles. The number of nitrogens with two attached hydrogens (primary N) is 1. The van der Waals surface area contributed by atoms with Crippen LogP contribution in [0, 0.1) is 0 Å². The minimum absolute atomic E-state index is 0.136. The van der Waals surface area contributed by atoms with Crippen molar-refractivity contribution in [2.75, 3.05) is 19.5 Å². The third-order valence-corrected chi connectivity index (χ3v) is 2.66. The van der Waals surface area contributed by atoms with Crippen molar-refractivity contribution in [3.05, 3.63) is 29.8 Å². The summed E-state index contributed by atoms with van der Waals surface area (Å²) in [5.41, 5.74) is 11.0. The molecule has 0 heterocycles. The molecule has 0 aliphatic carbocycles. The highest BCUT2D eigenvalue weighted by molar-refractivity contribution is 7.80. The molecule has 4 N–H and O–H groups in total. The van der Waals surface area contributed by atoms with E-state index in [2.05, 4.69) is 15.8 Å². The first-order valence-electron chi connectivity index (χ1n) is 5.98. The van der Waals surface area contributed by atoms with Crippen LogP contribution >= 0.6 is 12.2 Å². The highest BCUT2D eigenvalue weighted by Gasteiger charge is 2.03. The first-order valence-corrected chi connectivity index (χ1v) is 6.39. The molecule has 1 aromatic carbocycles. The quantitative estimate of drug-likeness (QED) is 0.330. The molecule has 0 amide bonds. The summed E-state index contributed by atoms with van der Waals surface area (Å²) in [6, 6.07) is 7.65. The van der Waals surface area contributed by atoms with Crippen LogP contribution in [-0.2, 0) is 4.74 Å². The second kappa shape index (κ2) is 7.70. The van der Waals surface area contributed by atoms with Gasteiger partial charge in [0.25, 0.3) is 0 Å². The molecule has 0 fully saturated rings. The van der Waals surface area contributed by atoms with E-state index in [0.29, 0.717) is 11.7 Å². The number of nitrogen functional groups attached to an aromatic ring is 1. The van der Waals surface area contributed by atoms with Gasteiger partial charge in [0.15, 0.2) is 5.11 Å². The zero-order valence-corrected chi connectivity index (χ0v) is 12.3. The Morgan fingerprint density at radius 3 is 2.63 bits per heavy atom. The van der Waals surface area contributed by atoms with Crippen molar-refractivity contribution in [1.82, 2.24) is 10.7 Å². The average molecular weight is 280 g/mol. The molecule has 0 aliphatic heterocycles. The molecular weight excluding hydrogens is 260 g/mol. The summed E-state index contributed by atoms with van der Waals surface area (Å²) in [5, 5.41) is 7.76. The van der Waals surface area contributed by atoms with Crippen LogP contribution in [0.1, 0.15) is 19.4 Å². The lowest BCUT2D eigenvalue weighted by Crippen LogP contribution is -2.40. The van der Waals surface area contributed by atoms with Crippen molar-refractivity contribution >= 4 is 28.7 Å². The predicted octanol–water partition coefficient (Wildman–Crippen LogP) is 1.49. The van der Waals surface area contributed by atoms with Crippen molar-refractivity contribution < 1.29 is 4.74 Å². The monoisotopic (exact) mass is 280 g/mol. The second-order valence-corrected chi connectivity index (χ2v) is 4.67. The van der Waals surface area contributed by atoms with Crippen molar-refractivity contribution in [1.29, 1.82) is 0 Å². The van der Waals surface area contributed by atoms with Crippen molar-refractivity contribution in [2.24, 2.45) is 5.10 Å². The van der Waals surface area contributed by atoms with Gasteiger partial charge in [-0.15, -0.1) is 0 Å². The molecule has 104 valence electrons. The fourth-order valence-corrected chi connectivity index (χ4v) is 1.72. The highest BCUT2D eigenvalue weighted by Crippen LogP contribution is 2.06. The van der Waals surface area contributed by atoms with Crippen LogP contribution in [0.2, 0.25) is 0 Å². The standard InChI is InChI=1S/C13H20N4OS/c1-9(8-18-3)15-13(19)17-16-10(2)11-4-6-12(14)7-5-11/h4-7,9H,8,14H2,1-3H3,(H2,15,17,19)/b16-10-/t9-/m0/s1. The van der Waals surface area contributed by atoms with Gasteiger partial charge in [-0.2, -0.15) is 5.10 Å². The summed E-state index contributed by atoms with van der Waals surface area (Å²) < 4.78 is 5.01. The maximum absolute atomic E-state index is 5.63. The summed E-state index contributed by atoms with van der Waals surface area (Å²) in [7, 11) is 1.65. The molecule has 0 unspecified atom stereocenters. The molecule has 1 aromatic rings. The summed E-state index contributed by atoms with van der Waals surface area (Å²) in [6.07, 6.45) is 0. The van der Waals surface area contributed by atoms with Gasteiger partial charge in [-0.3, -0.25) is 5.43 Å². The summed E-state index contributed by atoms with van der Waals surface area (Å²) in [4.78, 5) is 0. The lowest BCUT2D eigenvalue weighted by atomic mass is 10.1. The molecule has 5 nitrogen and oxygen atoms in total. The number of benzene rings is 1. The van der Waals surface area contributed by atoms with Crippen LogP contribution < -0.4 is 16.5 Å². The van der Waals surface area contributed by atoms with Gasteiger partial charge in [0.1, 0.15) is 0 Å². The molecule has 1 rings (SSSR count). The van der Waals surface area contributed by atoms with Gasteiger partial charge in [0.2, 0.25) is 0 Å². The van der Waals surface area contributed by atoms with E-state index in [1.54, 1.807) is 7.11 Å². The molecule has 0 bridgehead atoms. The maximum Gasteiger partial charge on any atom is 0.187 e. The summed E-state index contributed by atoms with van der Waals surface area (Å²) in [5.74, 6) is 0. The molecule has 0 saturated heterocycles. The third kappa shape index (κ3) is 5.67. The van der Waals surface area contributed by atoms with E-state index < -0.39 is 0 Å². The number of methoxy groups -OCH3 is 1. The fraction of sp³-hybridized carbons (Fsp3) is 0.385. The van der Waals surface area contributed by atoms with E-state index >= 15 is 0 Å². The topological polar surface area (TPSA) is 71.7 Å². The van der Waals surface area contributed by atoms with Gasteiger partial charge >= 0.3 is 0 Å². The van der Waals surface area contributed by atoms with Gasteiger partial charge in [-0.25, -0.2) is 0 Å². The molecule has 6 heteroatoms. The van der Waals surface area contributed by atoms with Crippen LogP contribution in [0.4, 0.5) is 5.69 Å². The zero-order chi connectivity index (χ0) is 14.3. The molecule has 0 radical (unpaired) electrons. The fourth-order valence-electron chi connectivity index (χ4n) is 1.47. The molecule has 0 saturated carbocycles. The first kappa shape index (κ1) is 15.4. The Hall–Kier alpha value is -1.66. The Balaban J connectivity index is 2.51. The molecular formula is C13H20N4OS. The van der Waals surface area contributed by atoms with Crippen LogP contribution in [-0.4, -0.2) is 30.6 Å². The Bertz CT molecular complexity index is 444. The zero-order valence-electron chi connectivity index (χ0n) is 11.4. The van der Waals surface area contributed by atoms with Crippen molar-refractivity contribution in [3.8, 4) is 0 Å². The van der Waals surface area contributed by atoms with Crippen LogP contribution in [0.3, 0.4) is 0 Å². The van der Waals surface area contributed by atoms with E-state index in [0.717, 1.165) is 17.0 Å². The maximum atomic E-state index is 5.63. The number of hydrazone groups is 1. The SMILES string of the molecule is COC[C@H](C)NC(=S)N/N=C(/C)c1ccc(N)cc1. The number of hydrogen-bond donors (Lipinski definition) is 3. The van der Waals surface area contributed by atoms with Crippen LogP contribution in [0.15, 0.2) is 29.4 Å². The summed E-state index contributed by atoms with van der Waals surface area (Å²) in [6.45, 7) is 4.47. The van der Waals surface area contributed by atoms with Crippen molar-refractivity contribution in [3.63, 3.8) is 0 Å². The van der Waals surface area contributed by atoms with E-state index in [1.807, 2.05) is 38.1 Å². The number of hydrogen-bond acceptors (Lipinski definition) is 4. The van der Waals surface area contributed by atoms with Gasteiger partial charge in [-0.1, -0.05) is 12.1 Å². The van der Waals surface area contributed by atoms with Crippen molar-refractivity contribution in [2.45, 2.75) is 19.9 Å². The lowest BCUT2D eigenvalue weighted by Gasteiger charge is -2.14. The number of nitrogens with zero attached hydrogens (tertiary/aromatic N) is 1. The van der Waals surface area contributed by atoms with E-state index in [1.165, 1.54) is 0 Å². The summed E-state index contributed by atoms with van der Waals surface area (Å²) >= 11 is 5.13. The van der Waals surface area contributed by atoms with Crippen LogP contribution in [0.5, 0.6) is 0 Å². The minimum atomic E-state index is 0.136. The predicted molar refractivity (Wildman–Crippen MR) is 83.3 cm³/mol. The van der Waals surface area contributed by atoms with E-state index in [-0.39, 0.29) is 6.04 Å². The lowest BCUT2D eigenvalue weighted by molar-refractivity contribution is 0.179. The highest BCUT2D eigenvalue weighted by atomic mass is 32.1. The third-order valence-electron chi connectivity index (χ3n) is 2.45. The Labute approximate surface area is 119 Å². The van der Waals surface area contributed by atoms with Crippen LogP contribution in [0.25, 0.3) is 0 Å². The minimum Gasteiger partial charge on any atom is -0.399 e. The number of ether oxygens (including phenoxy) is 1. The van der Waals surface area contributed by atoms with Gasteiger partial charge in [0.05, 0.1) is 12.3 Å². The molecule has 19 heavy (non-hydrogen) atoms. The van der Waals surface area contributed by atoms with E-state index in [9.17, 15) is 0 Å². The first-order chi connectivity index (χ1) is 9.02. The van der Waals surface area contributed by atoms with Gasteiger partial charge in [-0.05, 0) is 43.8 Å². The number of rotatable bonds is 5. The average Bonchev–Trinajstić information content (AvgIpc) is 2.37. The van der Waals surface area contributed by atoms with Gasteiger partial charge < -0.3 is 15.8 Å².